The van der Waals surface area contributed by atoms with Crippen LogP contribution in [-0.4, -0.2) is 30.4 Å². The maximum Gasteiger partial charge on any atom is 0.271 e. The molecule has 1 aliphatic heterocycles. The Kier molecular flexibility index (Phi) is 6.78. The van der Waals surface area contributed by atoms with Gasteiger partial charge in [0.15, 0.2) is 11.5 Å². The first-order valence-corrected chi connectivity index (χ1v) is 11.0. The zero-order valence-corrected chi connectivity index (χ0v) is 18.7. The number of ether oxygens (including phenoxy) is 2. The monoisotopic (exact) mass is 445 g/mol. The molecule has 7 nitrogen and oxygen atoms in total. The van der Waals surface area contributed by atoms with Crippen molar-refractivity contribution in [2.24, 2.45) is 5.10 Å². The molecule has 0 fully saturated rings. The highest BCUT2D eigenvalue weighted by Gasteiger charge is 2.20. The van der Waals surface area contributed by atoms with Crippen LogP contribution in [0.3, 0.4) is 0 Å². The van der Waals surface area contributed by atoms with Crippen LogP contribution >= 0.6 is 0 Å². The first kappa shape index (κ1) is 22.2. The van der Waals surface area contributed by atoms with E-state index in [1.807, 2.05) is 44.2 Å². The van der Waals surface area contributed by atoms with E-state index < -0.39 is 0 Å². The molecule has 0 bridgehead atoms. The zero-order valence-electron chi connectivity index (χ0n) is 18.7. The number of nitrogens with one attached hydrogen (secondary N) is 1. The number of fused-ring (bicyclic) bond motifs is 1. The lowest BCUT2D eigenvalue weighted by atomic mass is 10.1. The van der Waals surface area contributed by atoms with Gasteiger partial charge in [-0.1, -0.05) is 6.07 Å². The van der Waals surface area contributed by atoms with Crippen molar-refractivity contribution in [3.63, 3.8) is 0 Å². The minimum absolute atomic E-state index is 0.0652. The van der Waals surface area contributed by atoms with E-state index >= 15 is 0 Å². The van der Waals surface area contributed by atoms with Gasteiger partial charge < -0.3 is 19.5 Å². The summed E-state index contributed by atoms with van der Waals surface area (Å²) in [7, 11) is 0. The smallest absolute Gasteiger partial charge is 0.271 e. The summed E-state index contributed by atoms with van der Waals surface area (Å²) in [5, 5.41) is 13.8. The van der Waals surface area contributed by atoms with Crippen LogP contribution in [0.15, 0.2) is 65.8 Å². The Morgan fingerprint density at radius 1 is 1.00 bits per heavy atom. The van der Waals surface area contributed by atoms with E-state index in [0.717, 1.165) is 30.1 Å². The lowest BCUT2D eigenvalue weighted by molar-refractivity contribution is 0.0955. The second-order valence-corrected chi connectivity index (χ2v) is 7.63. The fourth-order valence-corrected chi connectivity index (χ4v) is 3.75. The van der Waals surface area contributed by atoms with Crippen LogP contribution in [0.2, 0.25) is 0 Å². The number of phenolic OH excluding ortho intramolecular Hbond substituents is 1. The van der Waals surface area contributed by atoms with Gasteiger partial charge in [-0.15, -0.1) is 0 Å². The molecule has 0 aliphatic carbocycles. The molecule has 0 saturated heterocycles. The molecule has 1 aliphatic rings. The normalized spacial score (nSPS) is 12.6. The fraction of sp³-hybridized carbons (Fsp3) is 0.231. The van der Waals surface area contributed by atoms with E-state index in [1.54, 1.807) is 12.1 Å². The number of carbonyl (C=O) groups excluding carboxylic acids is 1. The SMILES string of the molecule is CCOc1ccc(N2Cc3ccc(C(=O)N/N=C\c4ccc(O)c(OCC)c4)cc3C2)cc1. The lowest BCUT2D eigenvalue weighted by Gasteiger charge is -2.18. The van der Waals surface area contributed by atoms with Gasteiger partial charge in [0.2, 0.25) is 0 Å². The Balaban J connectivity index is 1.39. The number of carbonyl (C=O) groups is 1. The van der Waals surface area contributed by atoms with Crippen molar-refractivity contribution in [1.29, 1.82) is 0 Å². The second-order valence-electron chi connectivity index (χ2n) is 7.63. The van der Waals surface area contributed by atoms with Crippen molar-refractivity contribution >= 4 is 17.8 Å². The van der Waals surface area contributed by atoms with Crippen molar-refractivity contribution in [2.75, 3.05) is 18.1 Å². The number of benzene rings is 3. The third-order valence-corrected chi connectivity index (χ3v) is 5.37. The predicted octanol–water partition coefficient (Wildman–Crippen LogP) is 4.47. The number of rotatable bonds is 8. The van der Waals surface area contributed by atoms with Crippen molar-refractivity contribution < 1.29 is 19.4 Å². The summed E-state index contributed by atoms with van der Waals surface area (Å²) in [5.74, 6) is 1.02. The summed E-state index contributed by atoms with van der Waals surface area (Å²) in [6.07, 6.45) is 1.51. The number of hydrogen-bond acceptors (Lipinski definition) is 6. The molecule has 0 atom stereocenters. The van der Waals surface area contributed by atoms with Crippen LogP contribution in [0, 0.1) is 0 Å². The van der Waals surface area contributed by atoms with Crippen LogP contribution in [-0.2, 0) is 13.1 Å². The van der Waals surface area contributed by atoms with Gasteiger partial charge in [-0.05, 0) is 85.1 Å². The van der Waals surface area contributed by atoms with Gasteiger partial charge in [-0.25, -0.2) is 5.43 Å². The Morgan fingerprint density at radius 2 is 1.76 bits per heavy atom. The van der Waals surface area contributed by atoms with Crippen molar-refractivity contribution in [2.45, 2.75) is 26.9 Å². The van der Waals surface area contributed by atoms with E-state index in [4.69, 9.17) is 9.47 Å². The number of hydrogen-bond donors (Lipinski definition) is 2. The second kappa shape index (κ2) is 10.1. The number of amides is 1. The number of nitrogens with zero attached hydrogens (tertiary/aromatic N) is 2. The highest BCUT2D eigenvalue weighted by Crippen LogP contribution is 2.30. The van der Waals surface area contributed by atoms with Crippen LogP contribution < -0.4 is 19.8 Å². The Bertz CT molecular complexity index is 1160. The molecule has 1 amide bonds. The third-order valence-electron chi connectivity index (χ3n) is 5.37. The highest BCUT2D eigenvalue weighted by molar-refractivity contribution is 5.95. The van der Waals surface area contributed by atoms with Gasteiger partial charge in [-0.3, -0.25) is 4.79 Å². The molecule has 0 radical (unpaired) electrons. The first-order chi connectivity index (χ1) is 16.1. The average molecular weight is 446 g/mol. The molecule has 0 unspecified atom stereocenters. The van der Waals surface area contributed by atoms with Crippen molar-refractivity contribution in [3.8, 4) is 17.2 Å². The summed E-state index contributed by atoms with van der Waals surface area (Å²) in [6.45, 7) is 6.43. The van der Waals surface area contributed by atoms with Gasteiger partial charge in [0.05, 0.1) is 19.4 Å². The van der Waals surface area contributed by atoms with Gasteiger partial charge in [0, 0.05) is 24.3 Å². The average Bonchev–Trinajstić information content (AvgIpc) is 3.25. The van der Waals surface area contributed by atoms with E-state index in [-0.39, 0.29) is 11.7 Å². The number of hydrazone groups is 1. The van der Waals surface area contributed by atoms with E-state index in [1.165, 1.54) is 17.8 Å². The molecule has 7 heteroatoms. The number of anilines is 1. The van der Waals surface area contributed by atoms with Crippen LogP contribution in [0.4, 0.5) is 5.69 Å². The molecule has 0 spiro atoms. The summed E-state index contributed by atoms with van der Waals surface area (Å²) in [4.78, 5) is 14.9. The van der Waals surface area contributed by atoms with Crippen LogP contribution in [0.5, 0.6) is 17.2 Å². The highest BCUT2D eigenvalue weighted by atomic mass is 16.5. The molecular weight excluding hydrogens is 418 g/mol. The van der Waals surface area contributed by atoms with Crippen LogP contribution in [0.1, 0.15) is 40.9 Å². The molecule has 33 heavy (non-hydrogen) atoms. The largest absolute Gasteiger partial charge is 0.504 e. The van der Waals surface area contributed by atoms with Gasteiger partial charge in [0.1, 0.15) is 5.75 Å². The summed E-state index contributed by atoms with van der Waals surface area (Å²) >= 11 is 0. The zero-order chi connectivity index (χ0) is 23.2. The maximum absolute atomic E-state index is 12.6. The molecule has 0 saturated carbocycles. The standard InChI is InChI=1S/C26H27N3O4/c1-3-32-23-10-8-22(9-11-23)29-16-20-7-6-19(14-21(20)17-29)26(31)28-27-15-18-5-12-24(30)25(13-18)33-4-2/h5-15,30H,3-4,16-17H2,1-2H3,(H,28,31)/b27-15-. The van der Waals surface area contributed by atoms with Crippen molar-refractivity contribution in [3.05, 3.63) is 82.9 Å². The van der Waals surface area contributed by atoms with E-state index in [2.05, 4.69) is 27.6 Å². The molecule has 170 valence electrons. The van der Waals surface area contributed by atoms with Gasteiger partial charge >= 0.3 is 0 Å². The summed E-state index contributed by atoms with van der Waals surface area (Å²) in [5.41, 5.74) is 7.27. The number of aromatic hydroxyl groups is 1. The molecule has 3 aromatic rings. The topological polar surface area (TPSA) is 83.4 Å². The quantitative estimate of drug-likeness (QED) is 0.395. The molecule has 0 aromatic heterocycles. The Morgan fingerprint density at radius 3 is 2.52 bits per heavy atom. The molecule has 4 rings (SSSR count). The Labute approximate surface area is 193 Å². The maximum atomic E-state index is 12.6. The fourth-order valence-electron chi connectivity index (χ4n) is 3.75. The minimum Gasteiger partial charge on any atom is -0.504 e. The molecule has 1 heterocycles. The van der Waals surface area contributed by atoms with E-state index in [9.17, 15) is 9.90 Å². The van der Waals surface area contributed by atoms with Gasteiger partial charge in [0.25, 0.3) is 5.91 Å². The third kappa shape index (κ3) is 5.26. The van der Waals surface area contributed by atoms with Crippen molar-refractivity contribution in [1.82, 2.24) is 5.43 Å². The van der Waals surface area contributed by atoms with Crippen LogP contribution in [0.25, 0.3) is 0 Å². The van der Waals surface area contributed by atoms with E-state index in [0.29, 0.717) is 30.1 Å². The molecule has 2 N–H and O–H groups in total. The summed E-state index contributed by atoms with van der Waals surface area (Å²) in [6, 6.07) is 18.7. The molecule has 3 aromatic carbocycles. The summed E-state index contributed by atoms with van der Waals surface area (Å²) < 4.78 is 10.9. The van der Waals surface area contributed by atoms with Gasteiger partial charge in [-0.2, -0.15) is 5.10 Å². The minimum atomic E-state index is -0.280. The lowest BCUT2D eigenvalue weighted by Crippen LogP contribution is -2.18. The first-order valence-electron chi connectivity index (χ1n) is 11.0. The Hall–Kier alpha value is -4.00. The predicted molar refractivity (Wildman–Crippen MR) is 128 cm³/mol. The molecular formula is C26H27N3O4. The number of phenols is 1.